The van der Waals surface area contributed by atoms with E-state index in [9.17, 15) is 0 Å². The van der Waals surface area contributed by atoms with E-state index >= 15 is 0 Å². The molecule has 7 heteroatoms. The van der Waals surface area contributed by atoms with Crippen molar-refractivity contribution in [1.82, 2.24) is 5.32 Å². The molecule has 0 aromatic heterocycles. The van der Waals surface area contributed by atoms with Crippen LogP contribution in [0.1, 0.15) is 16.7 Å². The highest BCUT2D eigenvalue weighted by Crippen LogP contribution is 2.37. The number of halogens is 4. The Bertz CT molecular complexity index is 1010. The van der Waals surface area contributed by atoms with Crippen molar-refractivity contribution in [3.05, 3.63) is 90.8 Å². The lowest BCUT2D eigenvalue weighted by Crippen LogP contribution is -2.17. The van der Waals surface area contributed by atoms with Crippen molar-refractivity contribution < 1.29 is 9.47 Å². The first-order valence-electron chi connectivity index (χ1n) is 9.34. The number of hydrogen-bond acceptors (Lipinski definition) is 3. The molecule has 0 aliphatic heterocycles. The van der Waals surface area contributed by atoms with Gasteiger partial charge in [-0.1, -0.05) is 53.0 Å². The highest BCUT2D eigenvalue weighted by atomic mass is 79.9. The summed E-state index contributed by atoms with van der Waals surface area (Å²) >= 11 is 21.8. The monoisotopic (exact) mass is 527 g/mol. The molecule has 0 unspecified atom stereocenters. The number of nitrogens with one attached hydrogen (secondary N) is 1. The zero-order valence-electron chi connectivity index (χ0n) is 16.4. The van der Waals surface area contributed by atoms with Gasteiger partial charge in [0.2, 0.25) is 0 Å². The molecule has 0 saturated heterocycles. The number of benzene rings is 3. The largest absolute Gasteiger partial charge is 0.493 e. The van der Waals surface area contributed by atoms with Gasteiger partial charge in [0.1, 0.15) is 6.61 Å². The van der Waals surface area contributed by atoms with Crippen LogP contribution in [0.2, 0.25) is 15.1 Å². The molecule has 3 rings (SSSR count). The fraction of sp³-hybridized carbons (Fsp3) is 0.217. The van der Waals surface area contributed by atoms with E-state index in [4.69, 9.17) is 44.3 Å². The Kier molecular flexibility index (Phi) is 8.72. The summed E-state index contributed by atoms with van der Waals surface area (Å²) in [4.78, 5) is 0. The van der Waals surface area contributed by atoms with Gasteiger partial charge in [-0.15, -0.1) is 0 Å². The molecular formula is C23H21BrCl3NO2. The van der Waals surface area contributed by atoms with E-state index in [1.54, 1.807) is 13.2 Å². The zero-order valence-corrected chi connectivity index (χ0v) is 20.2. The van der Waals surface area contributed by atoms with Crippen LogP contribution >= 0.6 is 50.7 Å². The van der Waals surface area contributed by atoms with E-state index in [-0.39, 0.29) is 0 Å². The Balaban J connectivity index is 1.59. The lowest BCUT2D eigenvalue weighted by Gasteiger charge is -2.15. The van der Waals surface area contributed by atoms with Gasteiger partial charge in [-0.2, -0.15) is 0 Å². The first-order chi connectivity index (χ1) is 14.5. The maximum atomic E-state index is 6.23. The van der Waals surface area contributed by atoms with Gasteiger partial charge in [0.05, 0.1) is 11.6 Å². The molecule has 0 spiro atoms. The van der Waals surface area contributed by atoms with Crippen LogP contribution in [0, 0.1) is 0 Å². The minimum atomic E-state index is 0.398. The summed E-state index contributed by atoms with van der Waals surface area (Å²) < 4.78 is 12.4. The van der Waals surface area contributed by atoms with Crippen molar-refractivity contribution in [3.8, 4) is 11.5 Å². The highest BCUT2D eigenvalue weighted by molar-refractivity contribution is 9.10. The Morgan fingerprint density at radius 3 is 2.47 bits per heavy atom. The Hall–Kier alpha value is -1.43. The van der Waals surface area contributed by atoms with Crippen molar-refractivity contribution in [1.29, 1.82) is 0 Å². The molecule has 0 amide bonds. The molecule has 3 aromatic rings. The molecule has 30 heavy (non-hydrogen) atoms. The van der Waals surface area contributed by atoms with Gasteiger partial charge in [0, 0.05) is 21.6 Å². The van der Waals surface area contributed by atoms with Crippen LogP contribution in [-0.2, 0) is 19.6 Å². The average Bonchev–Trinajstić information content (AvgIpc) is 2.71. The summed E-state index contributed by atoms with van der Waals surface area (Å²) in [6, 6.07) is 17.2. The maximum Gasteiger partial charge on any atom is 0.175 e. The summed E-state index contributed by atoms with van der Waals surface area (Å²) in [5.41, 5.74) is 3.14. The number of methoxy groups -OCH3 is 1. The van der Waals surface area contributed by atoms with E-state index in [0.717, 1.165) is 34.1 Å². The molecule has 0 heterocycles. The smallest absolute Gasteiger partial charge is 0.175 e. The van der Waals surface area contributed by atoms with Gasteiger partial charge in [-0.05, 0) is 82.0 Å². The fourth-order valence-corrected chi connectivity index (χ4v) is 4.30. The first-order valence-corrected chi connectivity index (χ1v) is 11.3. The summed E-state index contributed by atoms with van der Waals surface area (Å²) in [5.74, 6) is 1.33. The van der Waals surface area contributed by atoms with E-state index < -0.39 is 0 Å². The zero-order chi connectivity index (χ0) is 21.5. The van der Waals surface area contributed by atoms with Crippen LogP contribution in [0.5, 0.6) is 11.5 Å². The minimum absolute atomic E-state index is 0.398. The van der Waals surface area contributed by atoms with Gasteiger partial charge in [0.25, 0.3) is 0 Å². The van der Waals surface area contributed by atoms with Gasteiger partial charge >= 0.3 is 0 Å². The normalized spacial score (nSPS) is 10.8. The standard InChI is InChI=1S/C23H21BrCl3NO2/c1-29-22-11-16(13-28-8-7-17-5-6-19(26)12-21(17)27)10-20(24)23(22)30-14-15-3-2-4-18(25)9-15/h2-6,9-12,28H,7-8,13-14H2,1H3. The summed E-state index contributed by atoms with van der Waals surface area (Å²) in [5, 5.41) is 5.45. The predicted molar refractivity (Wildman–Crippen MR) is 128 cm³/mol. The van der Waals surface area contributed by atoms with Gasteiger partial charge < -0.3 is 14.8 Å². The average molecular weight is 530 g/mol. The second-order valence-corrected chi connectivity index (χ2v) is 8.82. The molecule has 0 atom stereocenters. The molecule has 1 N–H and O–H groups in total. The quantitative estimate of drug-likeness (QED) is 0.295. The molecule has 0 fully saturated rings. The van der Waals surface area contributed by atoms with Crippen LogP contribution in [-0.4, -0.2) is 13.7 Å². The van der Waals surface area contributed by atoms with Crippen molar-refractivity contribution in [2.24, 2.45) is 0 Å². The van der Waals surface area contributed by atoms with Crippen LogP contribution in [0.25, 0.3) is 0 Å². The topological polar surface area (TPSA) is 30.5 Å². The molecule has 158 valence electrons. The van der Waals surface area contributed by atoms with E-state index in [1.165, 1.54) is 0 Å². The fourth-order valence-electron chi connectivity index (χ4n) is 2.98. The van der Waals surface area contributed by atoms with E-state index in [1.807, 2.05) is 48.5 Å². The van der Waals surface area contributed by atoms with Crippen LogP contribution in [0.4, 0.5) is 0 Å². The molecule has 0 bridgehead atoms. The molecule has 0 radical (unpaired) electrons. The summed E-state index contributed by atoms with van der Waals surface area (Å²) in [6.07, 6.45) is 0.815. The van der Waals surface area contributed by atoms with E-state index in [0.29, 0.717) is 39.7 Å². The number of ether oxygens (including phenoxy) is 2. The minimum Gasteiger partial charge on any atom is -0.493 e. The van der Waals surface area contributed by atoms with E-state index in [2.05, 4.69) is 21.2 Å². The molecular weight excluding hydrogens is 509 g/mol. The second kappa shape index (κ2) is 11.3. The second-order valence-electron chi connectivity index (χ2n) is 6.69. The van der Waals surface area contributed by atoms with Crippen LogP contribution < -0.4 is 14.8 Å². The van der Waals surface area contributed by atoms with Crippen molar-refractivity contribution in [3.63, 3.8) is 0 Å². The summed E-state index contributed by atoms with van der Waals surface area (Å²) in [7, 11) is 1.63. The predicted octanol–water partition coefficient (Wildman–Crippen LogP) is 7.33. The molecule has 0 aliphatic rings. The first kappa shape index (κ1) is 23.2. The SMILES string of the molecule is COc1cc(CNCCc2ccc(Cl)cc2Cl)cc(Br)c1OCc1cccc(Cl)c1. The third-order valence-corrected chi connectivity index (χ3v) is 5.89. The Morgan fingerprint density at radius 2 is 1.73 bits per heavy atom. The molecule has 3 nitrogen and oxygen atoms in total. The maximum absolute atomic E-state index is 6.23. The lowest BCUT2D eigenvalue weighted by molar-refractivity contribution is 0.282. The van der Waals surface area contributed by atoms with Gasteiger partial charge in [-0.3, -0.25) is 0 Å². The van der Waals surface area contributed by atoms with Crippen molar-refractivity contribution in [2.45, 2.75) is 19.6 Å². The third kappa shape index (κ3) is 6.53. The van der Waals surface area contributed by atoms with Crippen molar-refractivity contribution >= 4 is 50.7 Å². The number of rotatable bonds is 9. The Morgan fingerprint density at radius 1 is 0.933 bits per heavy atom. The van der Waals surface area contributed by atoms with Crippen LogP contribution in [0.3, 0.4) is 0 Å². The third-order valence-electron chi connectivity index (χ3n) is 4.48. The van der Waals surface area contributed by atoms with Gasteiger partial charge in [-0.25, -0.2) is 0 Å². The Labute approximate surface area is 200 Å². The summed E-state index contributed by atoms with van der Waals surface area (Å²) in [6.45, 7) is 1.87. The molecule has 0 saturated carbocycles. The van der Waals surface area contributed by atoms with Crippen molar-refractivity contribution in [2.75, 3.05) is 13.7 Å². The number of hydrogen-bond donors (Lipinski definition) is 1. The lowest BCUT2D eigenvalue weighted by atomic mass is 10.1. The molecule has 0 aliphatic carbocycles. The van der Waals surface area contributed by atoms with Crippen LogP contribution in [0.15, 0.2) is 59.1 Å². The molecule has 3 aromatic carbocycles. The van der Waals surface area contributed by atoms with Gasteiger partial charge in [0.15, 0.2) is 11.5 Å². The highest BCUT2D eigenvalue weighted by Gasteiger charge is 2.12.